The van der Waals surface area contributed by atoms with Gasteiger partial charge in [0.2, 0.25) is 12.0 Å². The fraction of sp³-hybridized carbons (Fsp3) is 0.533. The second-order valence-electron chi connectivity index (χ2n) is 11.2. The number of carbonyl (C=O) groups excluding carboxylic acids is 1. The summed E-state index contributed by atoms with van der Waals surface area (Å²) in [4.78, 5) is 22.4. The van der Waals surface area contributed by atoms with Gasteiger partial charge in [-0.1, -0.05) is 6.07 Å². The van der Waals surface area contributed by atoms with E-state index in [-0.39, 0.29) is 17.8 Å². The minimum atomic E-state index is -1.68. The molecule has 13 nitrogen and oxygen atoms in total. The van der Waals surface area contributed by atoms with Gasteiger partial charge in [-0.05, 0) is 43.9 Å². The van der Waals surface area contributed by atoms with Gasteiger partial charge in [0.05, 0.1) is 20.1 Å². The summed E-state index contributed by atoms with van der Waals surface area (Å²) < 4.78 is 40.9. The molecule has 1 saturated carbocycles. The minimum absolute atomic E-state index is 0.0752. The number of hydrogen-bond acceptors (Lipinski definition) is 12. The van der Waals surface area contributed by atoms with Crippen molar-refractivity contribution in [3.63, 3.8) is 0 Å². The maximum absolute atomic E-state index is 11.7. The standard InChI is InChI=1S/C30H34O13/c1-37-17-8-7-16-22-26(42-27(16)28(17)38-2)15-6-5-14(11-18(15)43-30(22)9-3-4-10-30)40-29-25(36)24(35)23(34)19(41-29)13-39-21(33)12-20(31)32/h5-8,11,19,22-26,29,34-36H,3-4,9-10,12-13H2,1-2H3,(H,31,32)/t19-,22+,23-,24+,25-,26+,29-/m1/s1. The molecule has 1 aliphatic carbocycles. The average Bonchev–Trinajstić information content (AvgIpc) is 3.61. The van der Waals surface area contributed by atoms with Gasteiger partial charge >= 0.3 is 11.9 Å². The first-order valence-corrected chi connectivity index (χ1v) is 14.1. The molecule has 2 aromatic carbocycles. The molecular weight excluding hydrogens is 568 g/mol. The smallest absolute Gasteiger partial charge is 0.317 e. The van der Waals surface area contributed by atoms with Crippen molar-refractivity contribution in [3.8, 4) is 28.7 Å². The van der Waals surface area contributed by atoms with Crippen LogP contribution in [0.15, 0.2) is 30.3 Å². The molecule has 0 unspecified atom stereocenters. The highest BCUT2D eigenvalue weighted by molar-refractivity contribution is 5.90. The van der Waals surface area contributed by atoms with E-state index in [2.05, 4.69) is 0 Å². The van der Waals surface area contributed by atoms with E-state index in [4.69, 9.17) is 38.3 Å². The van der Waals surface area contributed by atoms with E-state index in [1.54, 1.807) is 26.4 Å². The Morgan fingerprint density at radius 3 is 2.42 bits per heavy atom. The van der Waals surface area contributed by atoms with Crippen LogP contribution in [0.3, 0.4) is 0 Å². The SMILES string of the molecule is COc1ccc2c(c1OC)O[C@H]1c3ccc(O[C@@H]4O[C@H](COC(=O)CC(=O)O)[C@@H](O)[C@H](O)[C@H]4O)cc3OC3(CCCC3)[C@@H]21. The molecule has 13 heteroatoms. The molecule has 1 saturated heterocycles. The molecule has 3 aliphatic heterocycles. The third-order valence-electron chi connectivity index (χ3n) is 8.66. The third-order valence-corrected chi connectivity index (χ3v) is 8.66. The zero-order chi connectivity index (χ0) is 30.5. The number of rotatable bonds is 8. The quantitative estimate of drug-likeness (QED) is 0.254. The summed E-state index contributed by atoms with van der Waals surface area (Å²) in [6.07, 6.45) is -5.25. The lowest BCUT2D eigenvalue weighted by Crippen LogP contribution is -2.60. The summed E-state index contributed by atoms with van der Waals surface area (Å²) in [5.41, 5.74) is 1.28. The van der Waals surface area contributed by atoms with Crippen molar-refractivity contribution in [2.45, 2.75) is 80.4 Å². The van der Waals surface area contributed by atoms with Gasteiger partial charge < -0.3 is 53.6 Å². The van der Waals surface area contributed by atoms with Crippen LogP contribution < -0.4 is 23.7 Å². The molecule has 2 aromatic rings. The van der Waals surface area contributed by atoms with Crippen LogP contribution in [0.25, 0.3) is 0 Å². The molecule has 3 heterocycles. The Morgan fingerprint density at radius 1 is 0.977 bits per heavy atom. The summed E-state index contributed by atoms with van der Waals surface area (Å²) >= 11 is 0. The largest absolute Gasteiger partial charge is 0.493 e. The maximum Gasteiger partial charge on any atom is 0.317 e. The highest BCUT2D eigenvalue weighted by atomic mass is 16.7. The molecular formula is C30H34O13. The van der Waals surface area contributed by atoms with Gasteiger partial charge in [0.15, 0.2) is 11.5 Å². The molecule has 7 atom stereocenters. The Bertz CT molecular complexity index is 1390. The van der Waals surface area contributed by atoms with Crippen LogP contribution in [0.4, 0.5) is 0 Å². The fourth-order valence-corrected chi connectivity index (χ4v) is 6.66. The first-order valence-electron chi connectivity index (χ1n) is 14.1. The Labute approximate surface area is 246 Å². The molecule has 0 radical (unpaired) electrons. The monoisotopic (exact) mass is 602 g/mol. The van der Waals surface area contributed by atoms with Crippen LogP contribution in [0.5, 0.6) is 28.7 Å². The lowest BCUT2D eigenvalue weighted by Gasteiger charge is -2.43. The van der Waals surface area contributed by atoms with Crippen LogP contribution in [0.1, 0.15) is 55.3 Å². The Morgan fingerprint density at radius 2 is 1.72 bits per heavy atom. The second kappa shape index (κ2) is 11.4. The number of aliphatic hydroxyl groups is 3. The van der Waals surface area contributed by atoms with Crippen LogP contribution in [-0.4, -0.2) is 89.5 Å². The molecule has 1 spiro atoms. The average molecular weight is 603 g/mol. The van der Waals surface area contributed by atoms with Gasteiger partial charge in [-0.25, -0.2) is 0 Å². The van der Waals surface area contributed by atoms with Crippen LogP contribution in [0.2, 0.25) is 0 Å². The van der Waals surface area contributed by atoms with Gasteiger partial charge in [0, 0.05) is 17.2 Å². The Balaban J connectivity index is 1.25. The number of aliphatic carboxylic acids is 1. The molecule has 232 valence electrons. The zero-order valence-electron chi connectivity index (χ0n) is 23.6. The van der Waals surface area contributed by atoms with Crippen molar-refractivity contribution in [1.82, 2.24) is 0 Å². The number of methoxy groups -OCH3 is 2. The van der Waals surface area contributed by atoms with Crippen molar-refractivity contribution in [1.29, 1.82) is 0 Å². The Kier molecular flexibility index (Phi) is 7.75. The van der Waals surface area contributed by atoms with Gasteiger partial charge in [-0.2, -0.15) is 0 Å². The van der Waals surface area contributed by atoms with Gasteiger partial charge in [0.1, 0.15) is 60.6 Å². The van der Waals surface area contributed by atoms with E-state index in [0.717, 1.165) is 36.8 Å². The lowest BCUT2D eigenvalue weighted by molar-refractivity contribution is -0.278. The topological polar surface area (TPSA) is 180 Å². The molecule has 4 N–H and O–H groups in total. The van der Waals surface area contributed by atoms with Gasteiger partial charge in [0.25, 0.3) is 0 Å². The van der Waals surface area contributed by atoms with E-state index in [1.807, 2.05) is 18.2 Å². The second-order valence-corrected chi connectivity index (χ2v) is 11.2. The van der Waals surface area contributed by atoms with E-state index in [9.17, 15) is 24.9 Å². The number of fused-ring (bicyclic) bond motifs is 6. The van der Waals surface area contributed by atoms with Crippen LogP contribution >= 0.6 is 0 Å². The minimum Gasteiger partial charge on any atom is -0.493 e. The fourth-order valence-electron chi connectivity index (χ4n) is 6.66. The number of aliphatic hydroxyl groups excluding tert-OH is 3. The lowest BCUT2D eigenvalue weighted by atomic mass is 9.74. The van der Waals surface area contributed by atoms with E-state index >= 15 is 0 Å². The molecule has 0 bridgehead atoms. The molecule has 43 heavy (non-hydrogen) atoms. The summed E-state index contributed by atoms with van der Waals surface area (Å²) in [6.45, 7) is -0.554. The third kappa shape index (κ3) is 5.09. The molecule has 6 rings (SSSR count). The van der Waals surface area contributed by atoms with E-state index in [1.165, 1.54) is 0 Å². The number of hydrogen-bond donors (Lipinski definition) is 4. The number of carbonyl (C=O) groups is 2. The highest BCUT2D eigenvalue weighted by Gasteiger charge is 2.57. The highest BCUT2D eigenvalue weighted by Crippen LogP contribution is 2.64. The number of benzene rings is 2. The molecule has 2 fully saturated rings. The van der Waals surface area contributed by atoms with Gasteiger partial charge in [-0.15, -0.1) is 0 Å². The maximum atomic E-state index is 11.7. The van der Waals surface area contributed by atoms with E-state index < -0.39 is 61.3 Å². The number of carboxylic acids is 1. The van der Waals surface area contributed by atoms with Crippen molar-refractivity contribution < 1.29 is 63.2 Å². The van der Waals surface area contributed by atoms with Gasteiger partial charge in [-0.3, -0.25) is 9.59 Å². The first kappa shape index (κ1) is 29.3. The number of esters is 1. The Hall–Kier alpha value is -3.78. The van der Waals surface area contributed by atoms with Crippen molar-refractivity contribution in [2.75, 3.05) is 20.8 Å². The number of ether oxygens (including phenoxy) is 7. The van der Waals surface area contributed by atoms with Crippen molar-refractivity contribution >= 4 is 11.9 Å². The predicted octanol–water partition coefficient (Wildman–Crippen LogP) is 1.83. The predicted molar refractivity (Wildman–Crippen MR) is 144 cm³/mol. The van der Waals surface area contributed by atoms with Crippen LogP contribution in [-0.2, 0) is 19.1 Å². The van der Waals surface area contributed by atoms with Crippen molar-refractivity contribution in [2.24, 2.45) is 0 Å². The number of carboxylic acid groups (broad SMARTS) is 1. The molecule has 0 aromatic heterocycles. The van der Waals surface area contributed by atoms with Crippen LogP contribution in [0, 0.1) is 0 Å². The molecule has 0 amide bonds. The normalized spacial score (nSPS) is 29.8. The summed E-state index contributed by atoms with van der Waals surface area (Å²) in [5.74, 6) is 0.0291. The zero-order valence-corrected chi connectivity index (χ0v) is 23.6. The summed E-state index contributed by atoms with van der Waals surface area (Å²) in [6, 6.07) is 9.02. The summed E-state index contributed by atoms with van der Waals surface area (Å²) in [5, 5.41) is 40.1. The summed E-state index contributed by atoms with van der Waals surface area (Å²) in [7, 11) is 3.15. The van der Waals surface area contributed by atoms with E-state index in [0.29, 0.717) is 23.0 Å². The van der Waals surface area contributed by atoms with Crippen molar-refractivity contribution in [3.05, 3.63) is 41.5 Å². The molecule has 4 aliphatic rings. The first-order chi connectivity index (χ1) is 20.7.